The van der Waals surface area contributed by atoms with E-state index >= 15 is 0 Å². The second kappa shape index (κ2) is 6.79. The second-order valence-electron chi connectivity index (χ2n) is 5.42. The van der Waals surface area contributed by atoms with Crippen LogP contribution >= 0.6 is 0 Å². The molecule has 3 aromatic rings. The van der Waals surface area contributed by atoms with Crippen molar-refractivity contribution in [3.05, 3.63) is 54.0 Å². The number of pyridine rings is 1. The molecule has 3 heterocycles. The van der Waals surface area contributed by atoms with Crippen LogP contribution in [-0.4, -0.2) is 50.2 Å². The van der Waals surface area contributed by atoms with Gasteiger partial charge >= 0.3 is 0 Å². The lowest BCUT2D eigenvalue weighted by molar-refractivity contribution is 0.0670. The molecule has 7 nitrogen and oxygen atoms in total. The number of aromatic nitrogens is 4. The fraction of sp³-hybridized carbons (Fsp3) is 0.312. The average molecular weight is 331 g/mol. The minimum Gasteiger partial charge on any atom is -0.383 e. The summed E-state index contributed by atoms with van der Waals surface area (Å²) in [5, 5.41) is 4.09. The van der Waals surface area contributed by atoms with Gasteiger partial charge in [-0.1, -0.05) is 6.07 Å². The van der Waals surface area contributed by atoms with Gasteiger partial charge in [0.2, 0.25) is 5.95 Å². The topological polar surface area (TPSA) is 64.7 Å². The Morgan fingerprint density at radius 1 is 1.42 bits per heavy atom. The van der Waals surface area contributed by atoms with Crippen molar-refractivity contribution in [2.24, 2.45) is 7.05 Å². The molecule has 3 rings (SSSR count). The monoisotopic (exact) mass is 331 g/mol. The van der Waals surface area contributed by atoms with Gasteiger partial charge in [0.25, 0.3) is 5.91 Å². The predicted octanol–water partition coefficient (Wildman–Crippen LogP) is 1.50. The van der Waals surface area contributed by atoms with Gasteiger partial charge in [-0.2, -0.15) is 9.49 Å². The molecule has 0 aliphatic rings. The SMILES string of the molecule is COCCN(Cc1cnn(C)c1)C(=O)c1nc2ccccn2c1F. The Hall–Kier alpha value is -2.74. The summed E-state index contributed by atoms with van der Waals surface area (Å²) in [4.78, 5) is 18.4. The predicted molar refractivity (Wildman–Crippen MR) is 85.0 cm³/mol. The van der Waals surface area contributed by atoms with E-state index in [0.717, 1.165) is 5.56 Å². The van der Waals surface area contributed by atoms with E-state index in [0.29, 0.717) is 25.3 Å². The molecule has 0 spiro atoms. The largest absolute Gasteiger partial charge is 0.383 e. The zero-order valence-electron chi connectivity index (χ0n) is 13.5. The molecule has 0 unspecified atom stereocenters. The summed E-state index contributed by atoms with van der Waals surface area (Å²) in [6.45, 7) is 0.988. The number of methoxy groups -OCH3 is 1. The zero-order chi connectivity index (χ0) is 17.1. The minimum atomic E-state index is -0.663. The van der Waals surface area contributed by atoms with Crippen LogP contribution in [0.1, 0.15) is 16.1 Å². The fourth-order valence-electron chi connectivity index (χ4n) is 2.48. The minimum absolute atomic E-state index is 0.193. The Kier molecular flexibility index (Phi) is 4.57. The van der Waals surface area contributed by atoms with Crippen molar-refractivity contribution < 1.29 is 13.9 Å². The first-order valence-corrected chi connectivity index (χ1v) is 7.48. The number of nitrogens with zero attached hydrogens (tertiary/aromatic N) is 5. The highest BCUT2D eigenvalue weighted by molar-refractivity contribution is 5.93. The number of aryl methyl sites for hydroxylation is 1. The Bertz CT molecular complexity index is 857. The lowest BCUT2D eigenvalue weighted by Crippen LogP contribution is -2.34. The molecule has 0 atom stereocenters. The van der Waals surface area contributed by atoms with Crippen LogP contribution in [0.15, 0.2) is 36.8 Å². The molecular weight excluding hydrogens is 313 g/mol. The molecule has 0 aliphatic heterocycles. The fourth-order valence-corrected chi connectivity index (χ4v) is 2.48. The normalized spacial score (nSPS) is 11.1. The summed E-state index contributed by atoms with van der Waals surface area (Å²) in [5.41, 5.74) is 1.05. The van der Waals surface area contributed by atoms with Gasteiger partial charge in [-0.3, -0.25) is 13.9 Å². The molecule has 3 aromatic heterocycles. The highest BCUT2D eigenvalue weighted by Gasteiger charge is 2.24. The van der Waals surface area contributed by atoms with E-state index in [1.165, 1.54) is 15.5 Å². The number of carbonyl (C=O) groups excluding carboxylic acids is 1. The van der Waals surface area contributed by atoms with Crippen LogP contribution in [0.3, 0.4) is 0 Å². The molecule has 8 heteroatoms. The lowest BCUT2D eigenvalue weighted by Gasteiger charge is -2.20. The summed E-state index contributed by atoms with van der Waals surface area (Å²) in [5.74, 6) is -1.14. The number of halogens is 1. The van der Waals surface area contributed by atoms with Crippen LogP contribution in [-0.2, 0) is 18.3 Å². The number of imidazole rings is 1. The maximum atomic E-state index is 14.5. The molecular formula is C16H18FN5O2. The first-order valence-electron chi connectivity index (χ1n) is 7.48. The van der Waals surface area contributed by atoms with Gasteiger partial charge < -0.3 is 9.64 Å². The Balaban J connectivity index is 1.90. The molecule has 126 valence electrons. The third kappa shape index (κ3) is 3.13. The average Bonchev–Trinajstić information content (AvgIpc) is 3.14. The zero-order valence-corrected chi connectivity index (χ0v) is 13.5. The van der Waals surface area contributed by atoms with Crippen molar-refractivity contribution >= 4 is 11.6 Å². The number of ether oxygens (including phenoxy) is 1. The number of rotatable bonds is 6. The van der Waals surface area contributed by atoms with E-state index in [-0.39, 0.29) is 5.69 Å². The molecule has 0 radical (unpaired) electrons. The molecule has 0 aromatic carbocycles. The molecule has 24 heavy (non-hydrogen) atoms. The number of carbonyl (C=O) groups is 1. The van der Waals surface area contributed by atoms with Crippen molar-refractivity contribution in [2.45, 2.75) is 6.54 Å². The van der Waals surface area contributed by atoms with Crippen LogP contribution < -0.4 is 0 Å². The van der Waals surface area contributed by atoms with E-state index in [1.807, 2.05) is 6.20 Å². The van der Waals surface area contributed by atoms with Crippen LogP contribution in [0.25, 0.3) is 5.65 Å². The van der Waals surface area contributed by atoms with Crippen molar-refractivity contribution in [1.29, 1.82) is 0 Å². The molecule has 0 fully saturated rings. The Morgan fingerprint density at radius 2 is 2.25 bits per heavy atom. The summed E-state index contributed by atoms with van der Waals surface area (Å²) in [6, 6.07) is 5.08. The Labute approximate surface area is 138 Å². The summed E-state index contributed by atoms with van der Waals surface area (Å²) in [6.07, 6.45) is 5.02. The van der Waals surface area contributed by atoms with Crippen molar-refractivity contribution in [2.75, 3.05) is 20.3 Å². The van der Waals surface area contributed by atoms with Gasteiger partial charge in [-0.15, -0.1) is 0 Å². The van der Waals surface area contributed by atoms with Crippen molar-refractivity contribution in [3.8, 4) is 0 Å². The smallest absolute Gasteiger partial charge is 0.277 e. The van der Waals surface area contributed by atoms with E-state index in [9.17, 15) is 9.18 Å². The van der Waals surface area contributed by atoms with Crippen LogP contribution in [0, 0.1) is 5.95 Å². The molecule has 0 N–H and O–H groups in total. The highest BCUT2D eigenvalue weighted by atomic mass is 19.1. The third-order valence-corrected chi connectivity index (χ3v) is 3.66. The summed E-state index contributed by atoms with van der Waals surface area (Å²) >= 11 is 0. The Morgan fingerprint density at radius 3 is 2.92 bits per heavy atom. The molecule has 0 saturated carbocycles. The van der Waals surface area contributed by atoms with Gasteiger partial charge in [0.1, 0.15) is 5.65 Å². The maximum absolute atomic E-state index is 14.5. The van der Waals surface area contributed by atoms with E-state index in [2.05, 4.69) is 10.1 Å². The number of amides is 1. The lowest BCUT2D eigenvalue weighted by atomic mass is 10.3. The first kappa shape index (κ1) is 16.1. The van der Waals surface area contributed by atoms with Gasteiger partial charge in [0.05, 0.1) is 12.8 Å². The maximum Gasteiger partial charge on any atom is 0.277 e. The van der Waals surface area contributed by atoms with Gasteiger partial charge in [-0.25, -0.2) is 4.98 Å². The second-order valence-corrected chi connectivity index (χ2v) is 5.42. The number of fused-ring (bicyclic) bond motifs is 1. The van der Waals surface area contributed by atoms with Gasteiger partial charge in [0, 0.05) is 45.2 Å². The number of hydrogen-bond acceptors (Lipinski definition) is 4. The van der Waals surface area contributed by atoms with Gasteiger partial charge in [-0.05, 0) is 12.1 Å². The van der Waals surface area contributed by atoms with Crippen molar-refractivity contribution in [3.63, 3.8) is 0 Å². The van der Waals surface area contributed by atoms with Crippen LogP contribution in [0.2, 0.25) is 0 Å². The highest BCUT2D eigenvalue weighted by Crippen LogP contribution is 2.15. The summed E-state index contributed by atoms with van der Waals surface area (Å²) < 4.78 is 22.5. The van der Waals surface area contributed by atoms with Crippen molar-refractivity contribution in [1.82, 2.24) is 24.1 Å². The van der Waals surface area contributed by atoms with Crippen LogP contribution in [0.5, 0.6) is 0 Å². The summed E-state index contributed by atoms with van der Waals surface area (Å²) in [7, 11) is 3.35. The first-order chi connectivity index (χ1) is 11.6. The molecule has 0 saturated heterocycles. The molecule has 0 bridgehead atoms. The third-order valence-electron chi connectivity index (χ3n) is 3.66. The van der Waals surface area contributed by atoms with E-state index < -0.39 is 11.9 Å². The van der Waals surface area contributed by atoms with E-state index in [4.69, 9.17) is 4.74 Å². The van der Waals surface area contributed by atoms with Gasteiger partial charge in [0.15, 0.2) is 5.69 Å². The quantitative estimate of drug-likeness (QED) is 0.686. The van der Waals surface area contributed by atoms with Crippen LogP contribution in [0.4, 0.5) is 4.39 Å². The number of hydrogen-bond donors (Lipinski definition) is 0. The molecule has 1 amide bonds. The standard InChI is InChI=1S/C16H18FN5O2/c1-20-10-12(9-18-20)11-21(7-8-24-2)16(23)14-15(17)22-6-4-3-5-13(22)19-14/h3-6,9-10H,7-8,11H2,1-2H3. The van der Waals surface area contributed by atoms with E-state index in [1.54, 1.807) is 43.2 Å². The molecule has 0 aliphatic carbocycles.